The summed E-state index contributed by atoms with van der Waals surface area (Å²) in [6.07, 6.45) is 6.65. The first-order valence-corrected chi connectivity index (χ1v) is 9.30. The zero-order chi connectivity index (χ0) is 14.4. The Morgan fingerprint density at radius 2 is 2.10 bits per heavy atom. The van der Waals surface area contributed by atoms with Gasteiger partial charge in [0.25, 0.3) is 10.0 Å². The van der Waals surface area contributed by atoms with Gasteiger partial charge in [-0.05, 0) is 19.8 Å². The highest BCUT2D eigenvalue weighted by molar-refractivity contribution is 7.89. The summed E-state index contributed by atoms with van der Waals surface area (Å²) in [6, 6.07) is 0. The van der Waals surface area contributed by atoms with Crippen molar-refractivity contribution in [3.8, 4) is 0 Å². The van der Waals surface area contributed by atoms with Crippen molar-refractivity contribution in [1.82, 2.24) is 14.1 Å². The van der Waals surface area contributed by atoms with Crippen LogP contribution in [0.15, 0.2) is 16.6 Å². The lowest BCUT2D eigenvalue weighted by Crippen LogP contribution is -2.47. The Morgan fingerprint density at radius 3 is 2.80 bits per heavy atom. The van der Waals surface area contributed by atoms with Gasteiger partial charge in [-0.25, -0.2) is 18.1 Å². The van der Waals surface area contributed by atoms with Crippen LogP contribution in [-0.4, -0.2) is 23.3 Å². The molecular formula is C12H16ClN3O2S2. The maximum Gasteiger partial charge on any atom is 0.260 e. The summed E-state index contributed by atoms with van der Waals surface area (Å²) in [4.78, 5) is 4.67. The highest BCUT2D eigenvalue weighted by Gasteiger charge is 2.35. The highest BCUT2D eigenvalue weighted by Crippen LogP contribution is 2.31. The monoisotopic (exact) mass is 333 g/mol. The number of fused-ring (bicyclic) bond motifs is 1. The van der Waals surface area contributed by atoms with Crippen LogP contribution in [0.3, 0.4) is 0 Å². The van der Waals surface area contributed by atoms with Gasteiger partial charge >= 0.3 is 0 Å². The molecule has 1 N–H and O–H groups in total. The van der Waals surface area contributed by atoms with Crippen molar-refractivity contribution in [2.75, 3.05) is 0 Å². The molecule has 1 fully saturated rings. The maximum absolute atomic E-state index is 12.6. The average Bonchev–Trinajstić information content (AvgIpc) is 2.87. The molecule has 2 heterocycles. The summed E-state index contributed by atoms with van der Waals surface area (Å²) in [6.45, 7) is 1.96. The lowest BCUT2D eigenvalue weighted by atomic mass is 9.84. The molecule has 1 saturated carbocycles. The van der Waals surface area contributed by atoms with Crippen LogP contribution in [0.5, 0.6) is 0 Å². The SMILES string of the molecule is CC1(NS(=O)(=O)c2c(Cl)nc3sccn23)CCCCC1. The average molecular weight is 334 g/mol. The maximum atomic E-state index is 12.6. The fourth-order valence-electron chi connectivity index (χ4n) is 2.79. The van der Waals surface area contributed by atoms with Gasteiger partial charge in [0.05, 0.1) is 0 Å². The smallest absolute Gasteiger partial charge is 0.260 e. The van der Waals surface area contributed by atoms with Crippen molar-refractivity contribution in [2.45, 2.75) is 49.6 Å². The summed E-state index contributed by atoms with van der Waals surface area (Å²) >= 11 is 7.37. The van der Waals surface area contributed by atoms with Crippen molar-refractivity contribution in [3.63, 3.8) is 0 Å². The normalized spacial score (nSPS) is 19.5. The molecule has 2 aromatic rings. The molecular weight excluding hydrogens is 318 g/mol. The zero-order valence-electron chi connectivity index (χ0n) is 11.1. The number of nitrogens with one attached hydrogen (secondary N) is 1. The van der Waals surface area contributed by atoms with E-state index in [1.54, 1.807) is 11.6 Å². The molecule has 0 spiro atoms. The summed E-state index contributed by atoms with van der Waals surface area (Å²) < 4.78 is 29.7. The second-order valence-corrected chi connectivity index (χ2v) is 8.32. The van der Waals surface area contributed by atoms with Gasteiger partial charge in [0.1, 0.15) is 0 Å². The van der Waals surface area contributed by atoms with E-state index in [1.807, 2.05) is 6.92 Å². The molecule has 0 atom stereocenters. The molecule has 8 heteroatoms. The van der Waals surface area contributed by atoms with E-state index < -0.39 is 10.0 Å². The summed E-state index contributed by atoms with van der Waals surface area (Å²) in [5.74, 6) is 0. The fourth-order valence-corrected chi connectivity index (χ4v) is 5.71. The van der Waals surface area contributed by atoms with E-state index in [1.165, 1.54) is 22.2 Å². The predicted octanol–water partition coefficient (Wildman–Crippen LogP) is 3.05. The Hall–Kier alpha value is -0.630. The topological polar surface area (TPSA) is 63.5 Å². The predicted molar refractivity (Wildman–Crippen MR) is 79.9 cm³/mol. The van der Waals surface area contributed by atoms with Crippen LogP contribution in [0.25, 0.3) is 4.96 Å². The van der Waals surface area contributed by atoms with Gasteiger partial charge in [0.15, 0.2) is 15.1 Å². The standard InChI is InChI=1S/C12H16ClN3O2S2/c1-12(5-3-2-4-6-12)15-20(17,18)10-9(13)14-11-16(10)7-8-19-11/h7-8,15H,2-6H2,1H3. The molecule has 3 rings (SSSR count). The van der Waals surface area contributed by atoms with Crippen molar-refractivity contribution in [3.05, 3.63) is 16.7 Å². The Bertz CT molecular complexity index is 729. The Labute approximate surface area is 127 Å². The minimum atomic E-state index is -3.68. The molecule has 0 aromatic carbocycles. The van der Waals surface area contributed by atoms with Gasteiger partial charge in [-0.2, -0.15) is 0 Å². The zero-order valence-corrected chi connectivity index (χ0v) is 13.5. The molecule has 0 radical (unpaired) electrons. The molecule has 1 aliphatic carbocycles. The summed E-state index contributed by atoms with van der Waals surface area (Å²) in [5.41, 5.74) is -0.388. The van der Waals surface area contributed by atoms with Gasteiger partial charge in [-0.15, -0.1) is 11.3 Å². The molecule has 0 amide bonds. The van der Waals surface area contributed by atoms with Crippen molar-refractivity contribution in [1.29, 1.82) is 0 Å². The lowest BCUT2D eigenvalue weighted by molar-refractivity contribution is 0.293. The number of nitrogens with zero attached hydrogens (tertiary/aromatic N) is 2. The van der Waals surface area contributed by atoms with E-state index in [0.717, 1.165) is 25.7 Å². The number of hydrogen-bond donors (Lipinski definition) is 1. The largest absolute Gasteiger partial charge is 0.279 e. The van der Waals surface area contributed by atoms with Gasteiger partial charge in [0.2, 0.25) is 0 Å². The van der Waals surface area contributed by atoms with Crippen LogP contribution in [0.4, 0.5) is 0 Å². The van der Waals surface area contributed by atoms with Crippen molar-refractivity contribution in [2.24, 2.45) is 0 Å². The number of hydrogen-bond acceptors (Lipinski definition) is 4. The molecule has 0 aliphatic heterocycles. The minimum Gasteiger partial charge on any atom is -0.279 e. The first-order valence-electron chi connectivity index (χ1n) is 6.56. The van der Waals surface area contributed by atoms with Crippen LogP contribution >= 0.6 is 22.9 Å². The second-order valence-electron chi connectivity index (χ2n) is 5.49. The fraction of sp³-hybridized carbons (Fsp3) is 0.583. The molecule has 0 saturated heterocycles. The van der Waals surface area contributed by atoms with E-state index in [2.05, 4.69) is 9.71 Å². The Kier molecular flexibility index (Phi) is 3.56. The third-order valence-corrected chi connectivity index (χ3v) is 6.56. The first-order chi connectivity index (χ1) is 9.41. The van der Waals surface area contributed by atoms with Crippen molar-refractivity contribution < 1.29 is 8.42 Å². The minimum absolute atomic E-state index is 0.0313. The number of imidazole rings is 1. The lowest BCUT2D eigenvalue weighted by Gasteiger charge is -2.33. The number of aromatic nitrogens is 2. The van der Waals surface area contributed by atoms with Gasteiger partial charge < -0.3 is 0 Å². The molecule has 110 valence electrons. The van der Waals surface area contributed by atoms with Crippen LogP contribution < -0.4 is 4.72 Å². The number of halogens is 1. The number of sulfonamides is 1. The Balaban J connectivity index is 1.99. The van der Waals surface area contributed by atoms with Gasteiger partial charge in [-0.3, -0.25) is 4.40 Å². The molecule has 5 nitrogen and oxygen atoms in total. The van der Waals surface area contributed by atoms with Gasteiger partial charge in [-0.1, -0.05) is 30.9 Å². The van der Waals surface area contributed by atoms with E-state index >= 15 is 0 Å². The molecule has 20 heavy (non-hydrogen) atoms. The van der Waals surface area contributed by atoms with Crippen LogP contribution in [0.2, 0.25) is 5.15 Å². The summed E-state index contributed by atoms with van der Waals surface area (Å²) in [7, 11) is -3.68. The van der Waals surface area contributed by atoms with E-state index in [-0.39, 0.29) is 15.7 Å². The quantitative estimate of drug-likeness (QED) is 0.939. The third kappa shape index (κ3) is 2.47. The van der Waals surface area contributed by atoms with E-state index in [0.29, 0.717) is 4.96 Å². The molecule has 0 bridgehead atoms. The highest BCUT2D eigenvalue weighted by atomic mass is 35.5. The second kappa shape index (κ2) is 4.98. The molecule has 2 aromatic heterocycles. The van der Waals surface area contributed by atoms with Crippen molar-refractivity contribution >= 4 is 37.9 Å². The summed E-state index contributed by atoms with van der Waals surface area (Å²) in [5, 5.41) is 1.87. The molecule has 0 unspecified atom stereocenters. The molecule has 1 aliphatic rings. The van der Waals surface area contributed by atoms with E-state index in [4.69, 9.17) is 11.6 Å². The van der Waals surface area contributed by atoms with Crippen LogP contribution in [0.1, 0.15) is 39.0 Å². The number of rotatable bonds is 3. The third-order valence-electron chi connectivity index (χ3n) is 3.77. The number of thiazole rings is 1. The van der Waals surface area contributed by atoms with Gasteiger partial charge in [0, 0.05) is 17.1 Å². The first kappa shape index (κ1) is 14.3. The van der Waals surface area contributed by atoms with E-state index in [9.17, 15) is 8.42 Å². The Morgan fingerprint density at radius 1 is 1.40 bits per heavy atom. The van der Waals surface area contributed by atoms with Crippen LogP contribution in [0, 0.1) is 0 Å². The van der Waals surface area contributed by atoms with Crippen LogP contribution in [-0.2, 0) is 10.0 Å².